The van der Waals surface area contributed by atoms with E-state index in [1.54, 1.807) is 12.1 Å². The molecule has 0 aliphatic heterocycles. The molecule has 0 unspecified atom stereocenters. The Morgan fingerprint density at radius 2 is 1.50 bits per heavy atom. The first-order valence-corrected chi connectivity index (χ1v) is 10.8. The maximum absolute atomic E-state index is 14.6. The van der Waals surface area contributed by atoms with E-state index < -0.39 is 11.6 Å². The maximum Gasteiger partial charge on any atom is 0.201 e. The molecule has 3 rings (SSSR count). The van der Waals surface area contributed by atoms with Crippen molar-refractivity contribution in [3.8, 4) is 16.9 Å². The van der Waals surface area contributed by atoms with Crippen LogP contribution in [0.3, 0.4) is 0 Å². The lowest BCUT2D eigenvalue weighted by molar-refractivity contribution is 0.173. The van der Waals surface area contributed by atoms with Crippen molar-refractivity contribution in [3.05, 3.63) is 53.6 Å². The summed E-state index contributed by atoms with van der Waals surface area (Å²) in [5.41, 5.74) is 2.19. The van der Waals surface area contributed by atoms with Crippen molar-refractivity contribution in [3.63, 3.8) is 0 Å². The minimum absolute atomic E-state index is 0.0273. The Bertz CT molecular complexity index is 746. The Morgan fingerprint density at radius 1 is 0.821 bits per heavy atom. The molecule has 0 heterocycles. The quantitative estimate of drug-likeness (QED) is 0.454. The molecule has 3 heteroatoms. The second kappa shape index (κ2) is 10.0. The average molecular weight is 387 g/mol. The summed E-state index contributed by atoms with van der Waals surface area (Å²) in [6, 6.07) is 10.9. The summed E-state index contributed by atoms with van der Waals surface area (Å²) in [6.07, 6.45) is 9.29. The molecular formula is C25H32F2O. The molecule has 28 heavy (non-hydrogen) atoms. The van der Waals surface area contributed by atoms with Gasteiger partial charge in [0.05, 0.1) is 6.61 Å². The lowest BCUT2D eigenvalue weighted by atomic mass is 9.80. The Morgan fingerprint density at radius 3 is 2.14 bits per heavy atom. The zero-order chi connectivity index (χ0) is 19.9. The van der Waals surface area contributed by atoms with Crippen molar-refractivity contribution < 1.29 is 13.5 Å². The summed E-state index contributed by atoms with van der Waals surface area (Å²) in [6.45, 7) is 4.83. The van der Waals surface area contributed by atoms with Crippen LogP contribution in [0.15, 0.2) is 36.4 Å². The molecule has 1 aliphatic carbocycles. The van der Waals surface area contributed by atoms with Crippen molar-refractivity contribution in [2.75, 3.05) is 6.61 Å². The first kappa shape index (κ1) is 20.8. The van der Waals surface area contributed by atoms with E-state index in [1.165, 1.54) is 31.2 Å². The Labute approximate surface area is 168 Å². The normalized spacial score (nSPS) is 19.6. The fraction of sp³-hybridized carbons (Fsp3) is 0.520. The second-order valence-corrected chi connectivity index (χ2v) is 8.17. The fourth-order valence-corrected chi connectivity index (χ4v) is 4.31. The van der Waals surface area contributed by atoms with Crippen LogP contribution >= 0.6 is 0 Å². The van der Waals surface area contributed by atoms with E-state index >= 15 is 0 Å². The highest BCUT2D eigenvalue weighted by Crippen LogP contribution is 2.34. The van der Waals surface area contributed by atoms with Crippen LogP contribution in [-0.4, -0.2) is 6.61 Å². The van der Waals surface area contributed by atoms with Gasteiger partial charge in [-0.25, -0.2) is 4.39 Å². The highest BCUT2D eigenvalue weighted by Gasteiger charge is 2.22. The standard InChI is InChI=1S/C25H32F2O/c1-3-5-18-7-9-20(10-8-18)17-28-23-16-15-22(24(26)25(23)27)21-13-11-19(6-4-2)12-14-21/h11-16,18,20H,3-10,17H2,1-2H3. The lowest BCUT2D eigenvalue weighted by Crippen LogP contribution is -2.20. The van der Waals surface area contributed by atoms with Crippen LogP contribution in [0.2, 0.25) is 0 Å². The largest absolute Gasteiger partial charge is 0.490 e. The monoisotopic (exact) mass is 386 g/mol. The van der Waals surface area contributed by atoms with Crippen LogP contribution in [0.4, 0.5) is 8.78 Å². The van der Waals surface area contributed by atoms with E-state index in [0.717, 1.165) is 31.6 Å². The van der Waals surface area contributed by atoms with E-state index in [4.69, 9.17) is 4.74 Å². The smallest absolute Gasteiger partial charge is 0.201 e. The van der Waals surface area contributed by atoms with Crippen molar-refractivity contribution in [1.29, 1.82) is 0 Å². The molecular weight excluding hydrogens is 354 g/mol. The van der Waals surface area contributed by atoms with Gasteiger partial charge in [-0.3, -0.25) is 0 Å². The Hall–Kier alpha value is -1.90. The van der Waals surface area contributed by atoms with Crippen molar-refractivity contribution in [1.82, 2.24) is 0 Å². The summed E-state index contributed by atoms with van der Waals surface area (Å²) in [5.74, 6) is -0.401. The first-order valence-electron chi connectivity index (χ1n) is 10.8. The number of ether oxygens (including phenoxy) is 1. The van der Waals surface area contributed by atoms with Crippen LogP contribution in [0, 0.1) is 23.5 Å². The molecule has 1 nitrogen and oxygen atoms in total. The highest BCUT2D eigenvalue weighted by molar-refractivity contribution is 5.65. The van der Waals surface area contributed by atoms with Crippen LogP contribution in [-0.2, 0) is 6.42 Å². The molecule has 0 spiro atoms. The topological polar surface area (TPSA) is 9.23 Å². The molecule has 2 aromatic rings. The van der Waals surface area contributed by atoms with E-state index in [1.807, 2.05) is 24.3 Å². The van der Waals surface area contributed by atoms with E-state index in [2.05, 4.69) is 13.8 Å². The zero-order valence-corrected chi connectivity index (χ0v) is 17.1. The lowest BCUT2D eigenvalue weighted by Gasteiger charge is -2.28. The Kier molecular flexibility index (Phi) is 7.47. The van der Waals surface area contributed by atoms with Crippen LogP contribution in [0.1, 0.15) is 64.4 Å². The van der Waals surface area contributed by atoms with E-state index in [-0.39, 0.29) is 11.3 Å². The molecule has 0 amide bonds. The molecule has 152 valence electrons. The number of hydrogen-bond donors (Lipinski definition) is 0. The van der Waals surface area contributed by atoms with Gasteiger partial charge in [0.2, 0.25) is 5.82 Å². The van der Waals surface area contributed by atoms with Crippen LogP contribution in [0.5, 0.6) is 5.75 Å². The molecule has 1 fully saturated rings. The molecule has 0 atom stereocenters. The zero-order valence-electron chi connectivity index (χ0n) is 17.1. The van der Waals surface area contributed by atoms with Gasteiger partial charge in [0, 0.05) is 5.56 Å². The van der Waals surface area contributed by atoms with E-state index in [9.17, 15) is 8.78 Å². The molecule has 2 aromatic carbocycles. The van der Waals surface area contributed by atoms with Gasteiger partial charge in [0.25, 0.3) is 0 Å². The third kappa shape index (κ3) is 5.12. The number of benzene rings is 2. The average Bonchev–Trinajstić information content (AvgIpc) is 2.71. The molecule has 0 saturated heterocycles. The predicted octanol–water partition coefficient (Wildman–Crippen LogP) is 7.57. The van der Waals surface area contributed by atoms with Crippen molar-refractivity contribution in [2.45, 2.75) is 65.2 Å². The third-order valence-corrected chi connectivity index (χ3v) is 5.99. The SMILES string of the molecule is CCCc1ccc(-c2ccc(OCC3CCC(CCC)CC3)c(F)c2F)cc1. The van der Waals surface area contributed by atoms with Gasteiger partial charge in [-0.2, -0.15) is 4.39 Å². The first-order chi connectivity index (χ1) is 13.6. The van der Waals surface area contributed by atoms with Gasteiger partial charge in [0.1, 0.15) is 0 Å². The summed E-state index contributed by atoms with van der Waals surface area (Å²) in [4.78, 5) is 0. The van der Waals surface area contributed by atoms with Crippen LogP contribution in [0.25, 0.3) is 11.1 Å². The second-order valence-electron chi connectivity index (χ2n) is 8.17. The van der Waals surface area contributed by atoms with Gasteiger partial charge in [0.15, 0.2) is 11.6 Å². The number of hydrogen-bond acceptors (Lipinski definition) is 1. The fourth-order valence-electron chi connectivity index (χ4n) is 4.31. The highest BCUT2D eigenvalue weighted by atomic mass is 19.2. The summed E-state index contributed by atoms with van der Waals surface area (Å²) in [5, 5.41) is 0. The minimum atomic E-state index is -0.880. The van der Waals surface area contributed by atoms with Crippen molar-refractivity contribution >= 4 is 0 Å². The molecule has 1 aliphatic rings. The van der Waals surface area contributed by atoms with Gasteiger partial charge < -0.3 is 4.74 Å². The third-order valence-electron chi connectivity index (χ3n) is 5.99. The molecule has 0 N–H and O–H groups in total. The maximum atomic E-state index is 14.6. The Balaban J connectivity index is 1.62. The summed E-state index contributed by atoms with van der Waals surface area (Å²) < 4.78 is 34.9. The number of aryl methyl sites for hydroxylation is 1. The summed E-state index contributed by atoms with van der Waals surface area (Å²) in [7, 11) is 0. The van der Waals surface area contributed by atoms with Crippen molar-refractivity contribution in [2.24, 2.45) is 11.8 Å². The number of halogens is 2. The summed E-state index contributed by atoms with van der Waals surface area (Å²) >= 11 is 0. The molecule has 0 radical (unpaired) electrons. The molecule has 0 aromatic heterocycles. The van der Waals surface area contributed by atoms with Gasteiger partial charge in [-0.1, -0.05) is 70.2 Å². The minimum Gasteiger partial charge on any atom is -0.490 e. The van der Waals surface area contributed by atoms with Crippen LogP contribution < -0.4 is 4.74 Å². The van der Waals surface area contributed by atoms with Gasteiger partial charge >= 0.3 is 0 Å². The number of rotatable bonds is 8. The van der Waals surface area contributed by atoms with Gasteiger partial charge in [-0.05, 0) is 54.4 Å². The van der Waals surface area contributed by atoms with Gasteiger partial charge in [-0.15, -0.1) is 0 Å². The molecule has 0 bridgehead atoms. The predicted molar refractivity (Wildman–Crippen MR) is 112 cm³/mol. The molecule has 1 saturated carbocycles. The van der Waals surface area contributed by atoms with E-state index in [0.29, 0.717) is 18.1 Å².